The van der Waals surface area contributed by atoms with Crippen LogP contribution >= 0.6 is 0 Å². The van der Waals surface area contributed by atoms with Crippen molar-refractivity contribution in [2.24, 2.45) is 0 Å². The Bertz CT molecular complexity index is 555. The molecule has 0 aliphatic carbocycles. The smallest absolute Gasteiger partial charge is 0.249 e. The molecule has 0 saturated carbocycles. The van der Waals surface area contributed by atoms with Crippen molar-refractivity contribution < 1.29 is 13.9 Å². The fraction of sp³-hybridized carbons (Fsp3) is 0.312. The van der Waals surface area contributed by atoms with Crippen molar-refractivity contribution in [3.63, 3.8) is 0 Å². The minimum atomic E-state index is -0.473. The van der Waals surface area contributed by atoms with Gasteiger partial charge >= 0.3 is 0 Å². The molecule has 0 aliphatic heterocycles. The van der Waals surface area contributed by atoms with Crippen molar-refractivity contribution in [3.8, 4) is 0 Å². The molecule has 0 fully saturated rings. The zero-order valence-corrected chi connectivity index (χ0v) is 11.6. The highest BCUT2D eigenvalue weighted by Crippen LogP contribution is 2.18. The van der Waals surface area contributed by atoms with E-state index in [0.717, 1.165) is 23.2 Å². The largest absolute Gasteiger partial charge is 0.459 e. The average molecular weight is 273 g/mol. The summed E-state index contributed by atoms with van der Waals surface area (Å²) < 4.78 is 11.0. The van der Waals surface area contributed by atoms with E-state index in [4.69, 9.17) is 9.15 Å². The van der Waals surface area contributed by atoms with Crippen LogP contribution in [0.1, 0.15) is 19.1 Å². The zero-order chi connectivity index (χ0) is 14.4. The van der Waals surface area contributed by atoms with Crippen molar-refractivity contribution in [1.29, 1.82) is 0 Å². The van der Waals surface area contributed by atoms with Crippen LogP contribution in [0.2, 0.25) is 0 Å². The van der Waals surface area contributed by atoms with Gasteiger partial charge in [-0.15, -0.1) is 6.58 Å². The number of nitrogens with one attached hydrogen (secondary N) is 1. The first kappa shape index (κ1) is 14.3. The summed E-state index contributed by atoms with van der Waals surface area (Å²) in [5, 5.41) is 3.84. The summed E-state index contributed by atoms with van der Waals surface area (Å²) in [6, 6.07) is 9.69. The molecule has 2 rings (SSSR count). The lowest BCUT2D eigenvalue weighted by Crippen LogP contribution is -2.34. The molecule has 1 aromatic heterocycles. The molecule has 1 unspecified atom stereocenters. The van der Waals surface area contributed by atoms with E-state index in [1.165, 1.54) is 0 Å². The topological polar surface area (TPSA) is 51.5 Å². The Morgan fingerprint density at radius 3 is 3.05 bits per heavy atom. The maximum atomic E-state index is 11.8. The van der Waals surface area contributed by atoms with E-state index in [0.29, 0.717) is 13.2 Å². The normalized spacial score (nSPS) is 12.2. The van der Waals surface area contributed by atoms with Crippen LogP contribution in [0.25, 0.3) is 11.0 Å². The number of rotatable bonds is 7. The lowest BCUT2D eigenvalue weighted by molar-refractivity contribution is -0.131. The molecule has 1 aromatic carbocycles. The van der Waals surface area contributed by atoms with Gasteiger partial charge in [-0.25, -0.2) is 0 Å². The third-order valence-electron chi connectivity index (χ3n) is 2.97. The van der Waals surface area contributed by atoms with Crippen LogP contribution in [0.4, 0.5) is 0 Å². The first-order chi connectivity index (χ1) is 9.70. The molecule has 20 heavy (non-hydrogen) atoms. The molecule has 2 aromatic rings. The van der Waals surface area contributed by atoms with E-state index in [9.17, 15) is 4.79 Å². The number of furan rings is 1. The third kappa shape index (κ3) is 3.71. The van der Waals surface area contributed by atoms with E-state index in [2.05, 4.69) is 11.9 Å². The number of carbonyl (C=O) groups excluding carboxylic acids is 1. The minimum absolute atomic E-state index is 0.144. The van der Waals surface area contributed by atoms with E-state index in [1.807, 2.05) is 30.3 Å². The third-order valence-corrected chi connectivity index (χ3v) is 2.97. The standard InChI is InChI=1S/C16H19NO3/c1-3-4-9-19-12(2)16(18)17-11-14-10-13-7-5-6-8-15(13)20-14/h3,5-8,10,12H,1,4,9,11H2,2H3,(H,17,18). The van der Waals surface area contributed by atoms with E-state index >= 15 is 0 Å². The van der Waals surface area contributed by atoms with Crippen molar-refractivity contribution in [2.75, 3.05) is 6.61 Å². The highest BCUT2D eigenvalue weighted by molar-refractivity contribution is 5.81. The van der Waals surface area contributed by atoms with Crippen LogP contribution in [0.15, 0.2) is 47.4 Å². The van der Waals surface area contributed by atoms with Gasteiger partial charge in [0, 0.05) is 5.39 Å². The minimum Gasteiger partial charge on any atom is -0.459 e. The Labute approximate surface area is 118 Å². The summed E-state index contributed by atoms with van der Waals surface area (Å²) >= 11 is 0. The van der Waals surface area contributed by atoms with Gasteiger partial charge in [0.05, 0.1) is 13.2 Å². The molecule has 1 heterocycles. The van der Waals surface area contributed by atoms with E-state index < -0.39 is 6.10 Å². The molecule has 106 valence electrons. The molecule has 4 nitrogen and oxygen atoms in total. The molecule has 0 radical (unpaired) electrons. The fourth-order valence-electron chi connectivity index (χ4n) is 1.85. The first-order valence-electron chi connectivity index (χ1n) is 6.68. The van der Waals surface area contributed by atoms with Gasteiger partial charge in [-0.2, -0.15) is 0 Å². The van der Waals surface area contributed by atoms with Crippen molar-refractivity contribution in [3.05, 3.63) is 48.7 Å². The van der Waals surface area contributed by atoms with Gasteiger partial charge < -0.3 is 14.5 Å². The number of fused-ring (bicyclic) bond motifs is 1. The Balaban J connectivity index is 1.84. The van der Waals surface area contributed by atoms with E-state index in [-0.39, 0.29) is 5.91 Å². The van der Waals surface area contributed by atoms with Gasteiger partial charge in [-0.05, 0) is 25.5 Å². The predicted octanol–water partition coefficient (Wildman–Crippen LogP) is 3.03. The second-order valence-electron chi connectivity index (χ2n) is 4.56. The van der Waals surface area contributed by atoms with Gasteiger partial charge in [-0.3, -0.25) is 4.79 Å². The molecule has 0 spiro atoms. The highest BCUT2D eigenvalue weighted by atomic mass is 16.5. The number of benzene rings is 1. The lowest BCUT2D eigenvalue weighted by atomic mass is 10.2. The summed E-state index contributed by atoms with van der Waals surface area (Å²) in [5.74, 6) is 0.590. The molecule has 1 N–H and O–H groups in total. The maximum absolute atomic E-state index is 11.8. The van der Waals surface area contributed by atoms with Crippen LogP contribution in [0.5, 0.6) is 0 Å². The number of amides is 1. The van der Waals surface area contributed by atoms with Crippen LogP contribution in [-0.4, -0.2) is 18.6 Å². The summed E-state index contributed by atoms with van der Waals surface area (Å²) in [5.41, 5.74) is 0.826. The highest BCUT2D eigenvalue weighted by Gasteiger charge is 2.13. The van der Waals surface area contributed by atoms with Gasteiger partial charge in [0.2, 0.25) is 5.91 Å². The van der Waals surface area contributed by atoms with Crippen LogP contribution in [0, 0.1) is 0 Å². The number of carbonyl (C=O) groups is 1. The molecule has 0 saturated heterocycles. The molecule has 1 amide bonds. The predicted molar refractivity (Wildman–Crippen MR) is 78.3 cm³/mol. The maximum Gasteiger partial charge on any atom is 0.249 e. The number of hydrogen-bond donors (Lipinski definition) is 1. The Hall–Kier alpha value is -2.07. The van der Waals surface area contributed by atoms with Crippen molar-refractivity contribution >= 4 is 16.9 Å². The second kappa shape index (κ2) is 6.91. The van der Waals surface area contributed by atoms with Gasteiger partial charge in [0.1, 0.15) is 17.4 Å². The number of ether oxygens (including phenoxy) is 1. The summed E-state index contributed by atoms with van der Waals surface area (Å²) in [7, 11) is 0. The summed E-state index contributed by atoms with van der Waals surface area (Å²) in [6.45, 7) is 6.21. The molecule has 4 heteroatoms. The zero-order valence-electron chi connectivity index (χ0n) is 11.6. The number of para-hydroxylation sites is 1. The Morgan fingerprint density at radius 2 is 2.30 bits per heavy atom. The van der Waals surface area contributed by atoms with Crippen molar-refractivity contribution in [1.82, 2.24) is 5.32 Å². The van der Waals surface area contributed by atoms with Gasteiger partial charge in [0.15, 0.2) is 0 Å². The molecule has 1 atom stereocenters. The van der Waals surface area contributed by atoms with Gasteiger partial charge in [0.25, 0.3) is 0 Å². The van der Waals surface area contributed by atoms with Crippen molar-refractivity contribution in [2.45, 2.75) is 26.0 Å². The number of hydrogen-bond acceptors (Lipinski definition) is 3. The Kier molecular flexibility index (Phi) is 4.96. The summed E-state index contributed by atoms with van der Waals surface area (Å²) in [4.78, 5) is 11.8. The van der Waals surface area contributed by atoms with Crippen LogP contribution in [-0.2, 0) is 16.1 Å². The molecule has 0 aliphatic rings. The average Bonchev–Trinajstić information content (AvgIpc) is 2.87. The lowest BCUT2D eigenvalue weighted by Gasteiger charge is -2.11. The quantitative estimate of drug-likeness (QED) is 0.623. The molecular weight excluding hydrogens is 254 g/mol. The van der Waals surface area contributed by atoms with E-state index in [1.54, 1.807) is 13.0 Å². The first-order valence-corrected chi connectivity index (χ1v) is 6.68. The molecular formula is C16H19NO3. The SMILES string of the molecule is C=CCCOC(C)C(=O)NCc1cc2ccccc2o1. The molecule has 0 bridgehead atoms. The second-order valence-corrected chi connectivity index (χ2v) is 4.56. The van der Waals surface area contributed by atoms with Gasteiger partial charge in [-0.1, -0.05) is 24.3 Å². The van der Waals surface area contributed by atoms with Crippen LogP contribution < -0.4 is 5.32 Å². The fourth-order valence-corrected chi connectivity index (χ4v) is 1.85. The van der Waals surface area contributed by atoms with Crippen LogP contribution in [0.3, 0.4) is 0 Å². The Morgan fingerprint density at radius 1 is 1.50 bits per heavy atom. The summed E-state index contributed by atoms with van der Waals surface area (Å²) in [6.07, 6.45) is 2.03. The monoisotopic (exact) mass is 273 g/mol.